The molecule has 0 amide bonds. The molecule has 2 nitrogen and oxygen atoms in total. The first-order valence-electron chi connectivity index (χ1n) is 4.80. The summed E-state index contributed by atoms with van der Waals surface area (Å²) in [6, 6.07) is 0. The zero-order valence-electron chi connectivity index (χ0n) is 8.45. The van der Waals surface area contributed by atoms with E-state index < -0.39 is 0 Å². The topological polar surface area (TPSA) is 24.1 Å². The summed E-state index contributed by atoms with van der Waals surface area (Å²) in [5.41, 5.74) is 0. The lowest BCUT2D eigenvalue weighted by atomic mass is 10.1. The van der Waals surface area contributed by atoms with Crippen LogP contribution in [-0.4, -0.2) is 35.6 Å². The molecule has 2 rings (SSSR count). The van der Waals surface area contributed by atoms with Crippen LogP contribution in [0.15, 0.2) is 11.1 Å². The molecular formula is C9H16N2S3. The number of rotatable bonds is 3. The van der Waals surface area contributed by atoms with Gasteiger partial charge in [0.25, 0.3) is 0 Å². The van der Waals surface area contributed by atoms with E-state index in [1.54, 1.807) is 0 Å². The number of allylic oxidation sites excluding steroid dienone is 1. The van der Waals surface area contributed by atoms with E-state index in [1.165, 1.54) is 16.5 Å². The van der Waals surface area contributed by atoms with Crippen molar-refractivity contribution in [3.05, 3.63) is 11.1 Å². The second kappa shape index (κ2) is 5.05. The molecule has 3 atom stereocenters. The van der Waals surface area contributed by atoms with Crippen LogP contribution in [-0.2, 0) is 0 Å². The summed E-state index contributed by atoms with van der Waals surface area (Å²) in [6.07, 6.45) is 2.40. The van der Waals surface area contributed by atoms with E-state index in [2.05, 4.69) is 28.5 Å². The maximum atomic E-state index is 3.33. The van der Waals surface area contributed by atoms with Crippen LogP contribution in [0.25, 0.3) is 0 Å². The molecule has 0 aromatic heterocycles. The van der Waals surface area contributed by atoms with Crippen molar-refractivity contribution < 1.29 is 0 Å². The smallest absolute Gasteiger partial charge is 0.100 e. The molecule has 0 spiro atoms. The average Bonchev–Trinajstić information content (AvgIpc) is 2.86. The Morgan fingerprint density at radius 2 is 2.21 bits per heavy atom. The lowest BCUT2D eigenvalue weighted by Gasteiger charge is -2.14. The predicted octanol–water partition coefficient (Wildman–Crippen LogP) is 1.76. The molecule has 1 saturated heterocycles. The third kappa shape index (κ3) is 2.38. The van der Waals surface area contributed by atoms with Crippen LogP contribution in [0.1, 0.15) is 0 Å². The minimum atomic E-state index is 0.608. The molecule has 0 aromatic rings. The number of thioether (sulfide) groups is 3. The van der Waals surface area contributed by atoms with Gasteiger partial charge >= 0.3 is 0 Å². The molecule has 0 saturated carbocycles. The Hall–Kier alpha value is 0.550. The van der Waals surface area contributed by atoms with Gasteiger partial charge in [-0.05, 0) is 13.1 Å². The van der Waals surface area contributed by atoms with Crippen molar-refractivity contribution in [1.29, 1.82) is 0 Å². The van der Waals surface area contributed by atoms with Gasteiger partial charge in [0.1, 0.15) is 4.71 Å². The van der Waals surface area contributed by atoms with Gasteiger partial charge in [0.15, 0.2) is 0 Å². The van der Waals surface area contributed by atoms with Crippen molar-refractivity contribution in [2.45, 2.75) is 9.96 Å². The highest BCUT2D eigenvalue weighted by Crippen LogP contribution is 2.43. The van der Waals surface area contributed by atoms with E-state index in [4.69, 9.17) is 0 Å². The normalized spacial score (nSPS) is 37.3. The summed E-state index contributed by atoms with van der Waals surface area (Å²) < 4.78 is 0.608. The Morgan fingerprint density at radius 1 is 1.36 bits per heavy atom. The van der Waals surface area contributed by atoms with Crippen molar-refractivity contribution in [1.82, 2.24) is 10.6 Å². The molecular weight excluding hydrogens is 232 g/mol. The minimum Gasteiger partial charge on any atom is -0.383 e. The SMILES string of the molecule is CNC1=CC(C2CSC(NC)S2)CS1. The molecule has 2 heterocycles. The highest BCUT2D eigenvalue weighted by atomic mass is 32.2. The molecule has 2 aliphatic rings. The second-order valence-corrected chi connectivity index (χ2v) is 7.23. The third-order valence-electron chi connectivity index (χ3n) is 2.47. The van der Waals surface area contributed by atoms with Crippen molar-refractivity contribution in [2.24, 2.45) is 5.92 Å². The summed E-state index contributed by atoms with van der Waals surface area (Å²) in [6.45, 7) is 0. The zero-order valence-corrected chi connectivity index (χ0v) is 10.9. The van der Waals surface area contributed by atoms with E-state index in [9.17, 15) is 0 Å². The first-order valence-corrected chi connectivity index (χ1v) is 7.78. The molecule has 0 radical (unpaired) electrons. The molecule has 5 heteroatoms. The van der Waals surface area contributed by atoms with E-state index in [1.807, 2.05) is 37.6 Å². The van der Waals surface area contributed by atoms with Crippen LogP contribution in [0.5, 0.6) is 0 Å². The van der Waals surface area contributed by atoms with Gasteiger partial charge in [-0.25, -0.2) is 0 Å². The monoisotopic (exact) mass is 248 g/mol. The Balaban J connectivity index is 1.88. The summed E-state index contributed by atoms with van der Waals surface area (Å²) >= 11 is 6.08. The zero-order chi connectivity index (χ0) is 9.97. The van der Waals surface area contributed by atoms with Crippen molar-refractivity contribution >= 4 is 35.3 Å². The van der Waals surface area contributed by atoms with E-state index in [0.717, 1.165) is 11.2 Å². The maximum absolute atomic E-state index is 3.33. The molecule has 80 valence electrons. The fourth-order valence-electron chi connectivity index (χ4n) is 1.64. The number of hydrogen-bond acceptors (Lipinski definition) is 5. The average molecular weight is 248 g/mol. The number of nitrogens with one attached hydrogen (secondary N) is 2. The molecule has 2 N–H and O–H groups in total. The fraction of sp³-hybridized carbons (Fsp3) is 0.778. The van der Waals surface area contributed by atoms with Gasteiger partial charge in [-0.1, -0.05) is 0 Å². The molecule has 14 heavy (non-hydrogen) atoms. The summed E-state index contributed by atoms with van der Waals surface area (Å²) in [5, 5.41) is 8.72. The van der Waals surface area contributed by atoms with Crippen molar-refractivity contribution in [2.75, 3.05) is 25.6 Å². The van der Waals surface area contributed by atoms with E-state index in [-0.39, 0.29) is 0 Å². The van der Waals surface area contributed by atoms with Crippen molar-refractivity contribution in [3.8, 4) is 0 Å². The molecule has 2 aliphatic heterocycles. The summed E-state index contributed by atoms with van der Waals surface area (Å²) in [7, 11) is 4.06. The maximum Gasteiger partial charge on any atom is 0.100 e. The van der Waals surface area contributed by atoms with Gasteiger partial charge in [-0.15, -0.1) is 35.3 Å². The van der Waals surface area contributed by atoms with Gasteiger partial charge in [0.05, 0.1) is 5.03 Å². The molecule has 0 bridgehead atoms. The molecule has 0 aromatic carbocycles. The standard InChI is InChI=1S/C9H16N2S3/c1-10-8-3-6(4-12-8)7-5-13-9(11-2)14-7/h3,6-7,9-11H,4-5H2,1-2H3. The summed E-state index contributed by atoms with van der Waals surface area (Å²) in [4.78, 5) is 0. The Bertz CT molecular complexity index is 232. The first-order chi connectivity index (χ1) is 6.83. The lowest BCUT2D eigenvalue weighted by molar-refractivity contribution is 0.744. The van der Waals surface area contributed by atoms with Crippen molar-refractivity contribution in [3.63, 3.8) is 0 Å². The van der Waals surface area contributed by atoms with E-state index in [0.29, 0.717) is 4.71 Å². The highest BCUT2D eigenvalue weighted by molar-refractivity contribution is 8.20. The Kier molecular flexibility index (Phi) is 3.99. The second-order valence-electron chi connectivity index (χ2n) is 3.38. The highest BCUT2D eigenvalue weighted by Gasteiger charge is 2.32. The predicted molar refractivity (Wildman–Crippen MR) is 69.8 cm³/mol. The molecule has 0 aliphatic carbocycles. The molecule has 3 unspecified atom stereocenters. The largest absolute Gasteiger partial charge is 0.383 e. The van der Waals surface area contributed by atoms with Gasteiger partial charge in [-0.3, -0.25) is 0 Å². The Morgan fingerprint density at radius 3 is 2.79 bits per heavy atom. The van der Waals surface area contributed by atoms with Crippen LogP contribution in [0.3, 0.4) is 0 Å². The quantitative estimate of drug-likeness (QED) is 0.793. The molecule has 1 fully saturated rings. The Labute approximate surface area is 98.4 Å². The number of hydrogen-bond donors (Lipinski definition) is 2. The van der Waals surface area contributed by atoms with Crippen LogP contribution in [0.4, 0.5) is 0 Å². The van der Waals surface area contributed by atoms with Gasteiger partial charge in [-0.2, -0.15) is 0 Å². The third-order valence-corrected chi connectivity index (χ3v) is 7.06. The van der Waals surface area contributed by atoms with E-state index >= 15 is 0 Å². The van der Waals surface area contributed by atoms with Gasteiger partial charge in [0, 0.05) is 29.7 Å². The first kappa shape index (κ1) is 11.0. The van der Waals surface area contributed by atoms with Crippen LogP contribution in [0, 0.1) is 5.92 Å². The summed E-state index contributed by atoms with van der Waals surface area (Å²) in [5.74, 6) is 3.30. The fourth-order valence-corrected chi connectivity index (χ4v) is 6.02. The van der Waals surface area contributed by atoms with Crippen LogP contribution < -0.4 is 10.6 Å². The van der Waals surface area contributed by atoms with Crippen LogP contribution in [0.2, 0.25) is 0 Å². The van der Waals surface area contributed by atoms with Gasteiger partial charge in [0.2, 0.25) is 0 Å². The van der Waals surface area contributed by atoms with Gasteiger partial charge < -0.3 is 10.6 Å². The lowest BCUT2D eigenvalue weighted by Crippen LogP contribution is -2.18. The minimum absolute atomic E-state index is 0.608. The van der Waals surface area contributed by atoms with Crippen LogP contribution >= 0.6 is 35.3 Å².